The summed E-state index contributed by atoms with van der Waals surface area (Å²) >= 11 is 0. The quantitative estimate of drug-likeness (QED) is 0.487. The van der Waals surface area contributed by atoms with Crippen LogP contribution in [0.3, 0.4) is 0 Å². The summed E-state index contributed by atoms with van der Waals surface area (Å²) in [5, 5.41) is 4.55. The van der Waals surface area contributed by atoms with E-state index < -0.39 is 0 Å². The number of nitrogens with one attached hydrogen (secondary N) is 2. The van der Waals surface area contributed by atoms with Gasteiger partial charge in [-0.2, -0.15) is 0 Å². The Morgan fingerprint density at radius 1 is 1.33 bits per heavy atom. The Labute approximate surface area is 146 Å². The van der Waals surface area contributed by atoms with Gasteiger partial charge in [0.1, 0.15) is 14.1 Å². The topological polar surface area (TPSA) is 44.9 Å². The number of allylic oxidation sites excluding steroid dienone is 1. The predicted molar refractivity (Wildman–Crippen MR) is 104 cm³/mol. The summed E-state index contributed by atoms with van der Waals surface area (Å²) in [7, 11) is 6.08. The molecule has 1 aliphatic carbocycles. The molecule has 1 aromatic carbocycles. The molecule has 1 aliphatic rings. The fourth-order valence-electron chi connectivity index (χ4n) is 3.28. The molecule has 2 aromatic rings. The summed E-state index contributed by atoms with van der Waals surface area (Å²) in [6, 6.07) is 6.23. The van der Waals surface area contributed by atoms with Crippen LogP contribution >= 0.6 is 0 Å². The van der Waals surface area contributed by atoms with Crippen molar-refractivity contribution < 1.29 is 4.79 Å². The van der Waals surface area contributed by atoms with E-state index in [9.17, 15) is 4.79 Å². The van der Waals surface area contributed by atoms with Crippen molar-refractivity contribution in [1.29, 1.82) is 0 Å². The van der Waals surface area contributed by atoms with E-state index in [-0.39, 0.29) is 5.92 Å². The molecule has 0 aliphatic heterocycles. The van der Waals surface area contributed by atoms with Gasteiger partial charge in [-0.3, -0.25) is 0 Å². The normalized spacial score (nSPS) is 15.9. The monoisotopic (exact) mass is 322 g/mol. The van der Waals surface area contributed by atoms with Crippen molar-refractivity contribution in [2.75, 3.05) is 13.1 Å². The fourth-order valence-corrected chi connectivity index (χ4v) is 3.28. The Morgan fingerprint density at radius 2 is 2.12 bits per heavy atom. The number of H-pyrrole nitrogens is 1. The molecule has 0 amide bonds. The van der Waals surface area contributed by atoms with Crippen LogP contribution in [0.1, 0.15) is 44.7 Å². The van der Waals surface area contributed by atoms with E-state index in [4.69, 9.17) is 7.85 Å². The second kappa shape index (κ2) is 8.88. The number of benzene rings is 1. The van der Waals surface area contributed by atoms with Gasteiger partial charge in [0.25, 0.3) is 0 Å². The zero-order chi connectivity index (χ0) is 17.5. The van der Waals surface area contributed by atoms with E-state index in [0.29, 0.717) is 6.54 Å². The zero-order valence-electron chi connectivity index (χ0n) is 15.0. The van der Waals surface area contributed by atoms with Gasteiger partial charge in [-0.05, 0) is 54.2 Å². The molecular formula is C20H27BN2O. The van der Waals surface area contributed by atoms with Gasteiger partial charge >= 0.3 is 0 Å². The van der Waals surface area contributed by atoms with Gasteiger partial charge in [-0.15, -0.1) is 0 Å². The molecule has 3 rings (SSSR count). The zero-order valence-corrected chi connectivity index (χ0v) is 15.0. The molecule has 1 heterocycles. The first kappa shape index (κ1) is 18.5. The predicted octanol–water partition coefficient (Wildman–Crippen LogP) is 3.13. The highest BCUT2D eigenvalue weighted by Crippen LogP contribution is 2.35. The van der Waals surface area contributed by atoms with E-state index >= 15 is 0 Å². The van der Waals surface area contributed by atoms with Crippen LogP contribution in [0.15, 0.2) is 24.3 Å². The van der Waals surface area contributed by atoms with Gasteiger partial charge in [-0.1, -0.05) is 39.0 Å². The summed E-state index contributed by atoms with van der Waals surface area (Å²) in [6.07, 6.45) is 6.11. The molecule has 3 nitrogen and oxygen atoms in total. The van der Waals surface area contributed by atoms with Crippen molar-refractivity contribution >= 4 is 36.2 Å². The summed E-state index contributed by atoms with van der Waals surface area (Å²) in [5.74, 6) is -0.0744. The molecule has 0 fully saturated rings. The molecule has 24 heavy (non-hydrogen) atoms. The molecule has 1 unspecified atom stereocenters. The minimum Gasteiger partial charge on any atom is -0.368 e. The Balaban J connectivity index is 0.00000100. The number of aromatic amines is 1. The van der Waals surface area contributed by atoms with Crippen molar-refractivity contribution in [3.63, 3.8) is 0 Å². The van der Waals surface area contributed by atoms with Gasteiger partial charge in [0.15, 0.2) is 0 Å². The highest BCUT2D eigenvalue weighted by Gasteiger charge is 2.20. The van der Waals surface area contributed by atoms with Crippen LogP contribution in [0.2, 0.25) is 0 Å². The number of aldehydes is 1. The number of rotatable bonds is 6. The van der Waals surface area contributed by atoms with Crippen molar-refractivity contribution in [3.8, 4) is 0 Å². The van der Waals surface area contributed by atoms with Crippen LogP contribution < -0.4 is 10.9 Å². The van der Waals surface area contributed by atoms with Crippen LogP contribution in [0.4, 0.5) is 0 Å². The molecule has 2 N–H and O–H groups in total. The van der Waals surface area contributed by atoms with Crippen LogP contribution in [0.25, 0.3) is 16.5 Å². The second-order valence-electron chi connectivity index (χ2n) is 5.94. The minimum absolute atomic E-state index is 0.0744. The molecule has 1 aromatic heterocycles. The Bertz CT molecular complexity index is 718. The standard InChI is InChI=1S/C18H21BN2O.C2H6/c1-2-8-20-10-12(11-22)9-13-6-7-15-17-14(13)4-3-5-16(17)21-18(15)19;1-2/h3-5,9,11-12,20-21H,2,6-8,10H2,1H3;1-2H3/b13-9+;. The van der Waals surface area contributed by atoms with E-state index in [1.165, 1.54) is 22.1 Å². The van der Waals surface area contributed by atoms with Crippen LogP contribution in [0.5, 0.6) is 0 Å². The minimum atomic E-state index is -0.0744. The van der Waals surface area contributed by atoms with E-state index in [0.717, 1.165) is 43.2 Å². The Hall–Kier alpha value is -1.81. The number of hydrogen-bond donors (Lipinski definition) is 2. The lowest BCUT2D eigenvalue weighted by Gasteiger charge is -2.18. The van der Waals surface area contributed by atoms with E-state index in [2.05, 4.69) is 35.4 Å². The van der Waals surface area contributed by atoms with Gasteiger partial charge in [0.05, 0.1) is 0 Å². The van der Waals surface area contributed by atoms with E-state index in [1.54, 1.807) is 0 Å². The lowest BCUT2D eigenvalue weighted by atomic mass is 9.83. The summed E-state index contributed by atoms with van der Waals surface area (Å²) in [5.41, 5.74) is 5.55. The van der Waals surface area contributed by atoms with Crippen molar-refractivity contribution in [2.45, 2.75) is 40.0 Å². The maximum Gasteiger partial charge on any atom is 0.138 e. The maximum absolute atomic E-state index is 11.4. The summed E-state index contributed by atoms with van der Waals surface area (Å²) in [6.45, 7) is 7.78. The number of aryl methyl sites for hydroxylation is 1. The first-order chi connectivity index (χ1) is 11.7. The lowest BCUT2D eigenvalue weighted by molar-refractivity contribution is -0.109. The average molecular weight is 322 g/mol. The third-order valence-corrected chi connectivity index (χ3v) is 4.35. The van der Waals surface area contributed by atoms with E-state index in [1.807, 2.05) is 19.9 Å². The van der Waals surface area contributed by atoms with Crippen LogP contribution in [0, 0.1) is 5.92 Å². The third-order valence-electron chi connectivity index (χ3n) is 4.35. The van der Waals surface area contributed by atoms with Gasteiger partial charge < -0.3 is 15.1 Å². The number of aromatic nitrogens is 1. The molecule has 0 saturated heterocycles. The first-order valence-corrected chi connectivity index (χ1v) is 9.00. The molecule has 2 radical (unpaired) electrons. The van der Waals surface area contributed by atoms with Crippen molar-refractivity contribution in [3.05, 3.63) is 35.4 Å². The third kappa shape index (κ3) is 3.81. The molecule has 1 atom stereocenters. The van der Waals surface area contributed by atoms with Crippen molar-refractivity contribution in [1.82, 2.24) is 10.3 Å². The van der Waals surface area contributed by atoms with Crippen molar-refractivity contribution in [2.24, 2.45) is 5.92 Å². The maximum atomic E-state index is 11.4. The largest absolute Gasteiger partial charge is 0.368 e. The molecule has 0 saturated carbocycles. The molecule has 0 spiro atoms. The van der Waals surface area contributed by atoms with Gasteiger partial charge in [0.2, 0.25) is 0 Å². The number of carbonyl (C=O) groups excluding carboxylic acids is 1. The second-order valence-corrected chi connectivity index (χ2v) is 5.94. The van der Waals surface area contributed by atoms with Gasteiger partial charge in [-0.25, -0.2) is 0 Å². The first-order valence-electron chi connectivity index (χ1n) is 9.00. The van der Waals surface area contributed by atoms with Crippen LogP contribution in [-0.2, 0) is 11.2 Å². The molecular weight excluding hydrogens is 295 g/mol. The molecule has 0 bridgehead atoms. The van der Waals surface area contributed by atoms with Gasteiger partial charge in [0, 0.05) is 23.4 Å². The highest BCUT2D eigenvalue weighted by molar-refractivity contribution is 6.34. The molecule has 126 valence electrons. The average Bonchev–Trinajstić information content (AvgIpc) is 2.95. The number of hydrogen-bond acceptors (Lipinski definition) is 2. The Morgan fingerprint density at radius 3 is 2.83 bits per heavy atom. The SMILES string of the molecule is CC.[B]c1[nH]c2cccc3c2c1CC/C3=C\C(C=O)CNCCC. The number of carbonyl (C=O) groups is 1. The fraction of sp³-hybridized carbons (Fsp3) is 0.450. The summed E-state index contributed by atoms with van der Waals surface area (Å²) in [4.78, 5) is 14.6. The molecule has 4 heteroatoms. The highest BCUT2D eigenvalue weighted by atomic mass is 16.1. The lowest BCUT2D eigenvalue weighted by Crippen LogP contribution is -2.23. The smallest absolute Gasteiger partial charge is 0.138 e. The Kier molecular flexibility index (Phi) is 6.86. The van der Waals surface area contributed by atoms with Crippen LogP contribution in [-0.4, -0.2) is 32.2 Å². The summed E-state index contributed by atoms with van der Waals surface area (Å²) < 4.78 is 0.